The van der Waals surface area contributed by atoms with Gasteiger partial charge >= 0.3 is 12.3 Å². The van der Waals surface area contributed by atoms with Crippen molar-refractivity contribution in [2.45, 2.75) is 12.7 Å². The standard InChI is InChI=1S/C15H13F3N4O3/c16-15(17,18)10-3-1-9(2-4-10)12-5-11(21-8-22-12)6-19-13(23)7-20-14(24)25/h1-5,8,20H,6-7H2,(H,19,23)(H,24,25). The van der Waals surface area contributed by atoms with Gasteiger partial charge in [-0.05, 0) is 18.2 Å². The summed E-state index contributed by atoms with van der Waals surface area (Å²) in [5, 5.41) is 12.8. The molecule has 0 spiro atoms. The zero-order valence-electron chi connectivity index (χ0n) is 12.7. The molecule has 0 atom stereocenters. The van der Waals surface area contributed by atoms with Crippen molar-refractivity contribution in [1.82, 2.24) is 20.6 Å². The fourth-order valence-corrected chi connectivity index (χ4v) is 1.89. The number of aromatic nitrogens is 2. The number of alkyl halides is 3. The number of carbonyl (C=O) groups excluding carboxylic acids is 1. The predicted molar refractivity (Wildman–Crippen MR) is 80.3 cm³/mol. The van der Waals surface area contributed by atoms with Crippen LogP contribution in [0.3, 0.4) is 0 Å². The Labute approximate surface area is 139 Å². The molecule has 0 unspecified atom stereocenters. The lowest BCUT2D eigenvalue weighted by molar-refractivity contribution is -0.137. The molecule has 0 bridgehead atoms. The maximum absolute atomic E-state index is 12.6. The highest BCUT2D eigenvalue weighted by atomic mass is 19.4. The highest BCUT2D eigenvalue weighted by molar-refractivity contribution is 5.81. The molecule has 0 radical (unpaired) electrons. The number of carboxylic acid groups (broad SMARTS) is 1. The van der Waals surface area contributed by atoms with Crippen LogP contribution in [0.15, 0.2) is 36.7 Å². The quantitative estimate of drug-likeness (QED) is 0.762. The fourth-order valence-electron chi connectivity index (χ4n) is 1.89. The van der Waals surface area contributed by atoms with Gasteiger partial charge in [-0.15, -0.1) is 0 Å². The minimum atomic E-state index is -4.41. The summed E-state index contributed by atoms with van der Waals surface area (Å²) in [5.74, 6) is -0.544. The lowest BCUT2D eigenvalue weighted by atomic mass is 10.1. The van der Waals surface area contributed by atoms with Gasteiger partial charge in [-0.25, -0.2) is 14.8 Å². The van der Waals surface area contributed by atoms with Crippen LogP contribution < -0.4 is 10.6 Å². The molecule has 2 aromatic rings. The number of nitrogens with zero attached hydrogens (tertiary/aromatic N) is 2. The minimum absolute atomic E-state index is 0.0241. The van der Waals surface area contributed by atoms with Gasteiger partial charge in [0.15, 0.2) is 0 Å². The molecule has 2 amide bonds. The van der Waals surface area contributed by atoms with Gasteiger partial charge < -0.3 is 15.7 Å². The molecule has 0 fully saturated rings. The molecule has 0 aliphatic rings. The molecule has 10 heteroatoms. The Kier molecular flexibility index (Phi) is 5.52. The molecule has 1 heterocycles. The van der Waals surface area contributed by atoms with E-state index in [0.29, 0.717) is 17.0 Å². The van der Waals surface area contributed by atoms with Crippen LogP contribution in [-0.2, 0) is 17.5 Å². The zero-order chi connectivity index (χ0) is 18.4. The summed E-state index contributed by atoms with van der Waals surface area (Å²) in [6.07, 6.45) is -4.50. The van der Waals surface area contributed by atoms with Gasteiger partial charge in [0.1, 0.15) is 6.33 Å². The zero-order valence-corrected chi connectivity index (χ0v) is 12.7. The van der Waals surface area contributed by atoms with Crippen LogP contribution in [0.5, 0.6) is 0 Å². The van der Waals surface area contributed by atoms with Crippen LogP contribution >= 0.6 is 0 Å². The monoisotopic (exact) mass is 354 g/mol. The summed E-state index contributed by atoms with van der Waals surface area (Å²) in [7, 11) is 0. The average Bonchev–Trinajstić information content (AvgIpc) is 2.58. The Balaban J connectivity index is 2.03. The maximum Gasteiger partial charge on any atom is 0.416 e. The molecule has 0 aliphatic carbocycles. The first-order chi connectivity index (χ1) is 11.8. The van der Waals surface area contributed by atoms with Gasteiger partial charge in [0, 0.05) is 5.56 Å². The highest BCUT2D eigenvalue weighted by Gasteiger charge is 2.30. The second-order valence-corrected chi connectivity index (χ2v) is 4.91. The number of nitrogens with one attached hydrogen (secondary N) is 2. The molecule has 1 aromatic carbocycles. The smallest absolute Gasteiger partial charge is 0.416 e. The highest BCUT2D eigenvalue weighted by Crippen LogP contribution is 2.30. The molecule has 1 aromatic heterocycles. The van der Waals surface area contributed by atoms with E-state index in [4.69, 9.17) is 5.11 Å². The van der Waals surface area contributed by atoms with Gasteiger partial charge in [0.25, 0.3) is 0 Å². The van der Waals surface area contributed by atoms with E-state index < -0.39 is 30.3 Å². The molecule has 2 rings (SSSR count). The third-order valence-corrected chi connectivity index (χ3v) is 3.10. The summed E-state index contributed by atoms with van der Waals surface area (Å²) < 4.78 is 37.7. The van der Waals surface area contributed by atoms with Crippen molar-refractivity contribution in [3.63, 3.8) is 0 Å². The summed E-state index contributed by atoms with van der Waals surface area (Å²) in [5.41, 5.74) is 0.532. The van der Waals surface area contributed by atoms with E-state index in [1.165, 1.54) is 24.5 Å². The topological polar surface area (TPSA) is 104 Å². The van der Waals surface area contributed by atoms with Gasteiger partial charge in [-0.1, -0.05) is 12.1 Å². The predicted octanol–water partition coefficient (Wildman–Crippen LogP) is 2.05. The van der Waals surface area contributed by atoms with Crippen LogP contribution in [-0.4, -0.2) is 33.6 Å². The van der Waals surface area contributed by atoms with E-state index in [1.54, 1.807) is 0 Å². The second-order valence-electron chi connectivity index (χ2n) is 4.91. The van der Waals surface area contributed by atoms with E-state index in [2.05, 4.69) is 15.3 Å². The number of carbonyl (C=O) groups is 2. The Bertz CT molecular complexity index is 763. The van der Waals surface area contributed by atoms with Crippen molar-refractivity contribution in [3.05, 3.63) is 47.9 Å². The van der Waals surface area contributed by atoms with Crippen LogP contribution in [0.4, 0.5) is 18.0 Å². The molecule has 132 valence electrons. The number of halogens is 3. The number of benzene rings is 1. The van der Waals surface area contributed by atoms with Gasteiger partial charge in [0.2, 0.25) is 5.91 Å². The molecule has 0 saturated carbocycles. The first-order valence-corrected chi connectivity index (χ1v) is 6.98. The van der Waals surface area contributed by atoms with Crippen molar-refractivity contribution in [2.24, 2.45) is 0 Å². The van der Waals surface area contributed by atoms with Crippen molar-refractivity contribution in [1.29, 1.82) is 0 Å². The van der Waals surface area contributed by atoms with Crippen molar-refractivity contribution < 1.29 is 27.9 Å². The van der Waals surface area contributed by atoms with E-state index in [0.717, 1.165) is 12.1 Å². The minimum Gasteiger partial charge on any atom is -0.465 e. The number of hydrogen-bond donors (Lipinski definition) is 3. The normalized spacial score (nSPS) is 11.0. The molecular weight excluding hydrogens is 341 g/mol. The number of rotatable bonds is 5. The first-order valence-electron chi connectivity index (χ1n) is 6.98. The molecule has 3 N–H and O–H groups in total. The second kappa shape index (κ2) is 7.60. The van der Waals surface area contributed by atoms with Crippen LogP contribution in [0, 0.1) is 0 Å². The Morgan fingerprint density at radius 3 is 2.36 bits per heavy atom. The van der Waals surface area contributed by atoms with E-state index in [9.17, 15) is 22.8 Å². The van der Waals surface area contributed by atoms with Crippen LogP contribution in [0.1, 0.15) is 11.3 Å². The molecular formula is C15H13F3N4O3. The van der Waals surface area contributed by atoms with Crippen LogP contribution in [0.2, 0.25) is 0 Å². The summed E-state index contributed by atoms with van der Waals surface area (Å²) >= 11 is 0. The lowest BCUT2D eigenvalue weighted by Gasteiger charge is -2.08. The van der Waals surface area contributed by atoms with E-state index in [1.807, 2.05) is 5.32 Å². The molecule has 0 aliphatic heterocycles. The third-order valence-electron chi connectivity index (χ3n) is 3.10. The third kappa shape index (κ3) is 5.44. The summed E-state index contributed by atoms with van der Waals surface area (Å²) in [4.78, 5) is 29.6. The van der Waals surface area contributed by atoms with Gasteiger partial charge in [-0.3, -0.25) is 4.79 Å². The molecule has 7 nitrogen and oxygen atoms in total. The van der Waals surface area contributed by atoms with E-state index >= 15 is 0 Å². The van der Waals surface area contributed by atoms with Gasteiger partial charge in [0.05, 0.1) is 30.0 Å². The van der Waals surface area contributed by atoms with Gasteiger partial charge in [-0.2, -0.15) is 13.2 Å². The van der Waals surface area contributed by atoms with Crippen molar-refractivity contribution in [3.8, 4) is 11.3 Å². The maximum atomic E-state index is 12.6. The summed E-state index contributed by atoms with van der Waals surface area (Å²) in [6, 6.07) is 6.02. The van der Waals surface area contributed by atoms with Crippen molar-refractivity contribution >= 4 is 12.0 Å². The Morgan fingerprint density at radius 2 is 1.76 bits per heavy atom. The number of hydrogen-bond acceptors (Lipinski definition) is 4. The van der Waals surface area contributed by atoms with Crippen LogP contribution in [0.25, 0.3) is 11.3 Å². The Hall–Kier alpha value is -3.17. The fraction of sp³-hybridized carbons (Fsp3) is 0.200. The summed E-state index contributed by atoms with van der Waals surface area (Å²) in [6.45, 7) is -0.373. The lowest BCUT2D eigenvalue weighted by Crippen LogP contribution is -2.35. The van der Waals surface area contributed by atoms with Crippen molar-refractivity contribution in [2.75, 3.05) is 6.54 Å². The first kappa shape index (κ1) is 18.2. The molecule has 25 heavy (non-hydrogen) atoms. The largest absolute Gasteiger partial charge is 0.465 e. The van der Waals surface area contributed by atoms with E-state index in [-0.39, 0.29) is 6.54 Å². The average molecular weight is 354 g/mol. The molecule has 0 saturated heterocycles. The Morgan fingerprint density at radius 1 is 1.08 bits per heavy atom. The SMILES string of the molecule is O=C(O)NCC(=O)NCc1cc(-c2ccc(C(F)(F)F)cc2)ncn1. The number of amides is 2.